The van der Waals surface area contributed by atoms with E-state index in [9.17, 15) is 44.7 Å². The molecule has 30 heteroatoms. The minimum absolute atomic E-state index is 0.0690. The predicted octanol–water partition coefficient (Wildman–Crippen LogP) is 10.8. The number of hydrogen-bond donors (Lipinski definition) is 2. The first-order valence-electron chi connectivity index (χ1n) is 27.9. The van der Waals surface area contributed by atoms with Crippen LogP contribution in [-0.2, 0) is 21.9 Å². The molecule has 4 aliphatic rings. The number of nitrogen functional groups attached to an aromatic ring is 2. The Balaban J connectivity index is 0.000000209. The van der Waals surface area contributed by atoms with Gasteiger partial charge in [0.2, 0.25) is 0 Å². The third kappa shape index (κ3) is 13.2. The fourth-order valence-electron chi connectivity index (χ4n) is 11.8. The molecule has 0 spiro atoms. The van der Waals surface area contributed by atoms with Crippen molar-refractivity contribution in [2.24, 2.45) is 0 Å². The molecule has 4 fully saturated rings. The van der Waals surface area contributed by atoms with Gasteiger partial charge in [0.05, 0.1) is 43.7 Å². The van der Waals surface area contributed by atoms with E-state index in [0.29, 0.717) is 0 Å². The van der Waals surface area contributed by atoms with Gasteiger partial charge in [0.25, 0.3) is 11.8 Å². The zero-order valence-corrected chi connectivity index (χ0v) is 50.1. The van der Waals surface area contributed by atoms with Crippen LogP contribution in [-0.4, -0.2) is 165 Å². The van der Waals surface area contributed by atoms with Crippen molar-refractivity contribution in [1.29, 1.82) is 0 Å². The topological polar surface area (TPSA) is 201 Å². The number of rotatable bonds is 12. The summed E-state index contributed by atoms with van der Waals surface area (Å²) in [7, 11) is 3.91. The Morgan fingerprint density at radius 2 is 0.966 bits per heavy atom. The van der Waals surface area contributed by atoms with Crippen LogP contribution < -0.4 is 30.7 Å². The summed E-state index contributed by atoms with van der Waals surface area (Å²) in [5.41, 5.74) is 5.31. The fourth-order valence-corrected chi connectivity index (χ4v) is 12.3. The largest absolute Gasteiger partial charge is 0.462 e. The molecular weight excluding hydrogens is 1220 g/mol. The van der Waals surface area contributed by atoms with Gasteiger partial charge in [-0.1, -0.05) is 36.4 Å². The summed E-state index contributed by atoms with van der Waals surface area (Å²) in [6.07, 6.45) is -6.08. The second-order valence-electron chi connectivity index (χ2n) is 22.3. The molecule has 4 aliphatic heterocycles. The Bertz CT molecular complexity index is 3510. The number of aryl methyl sites for hydroxylation is 2. The highest BCUT2D eigenvalue weighted by molar-refractivity contribution is 6.35. The van der Waals surface area contributed by atoms with Gasteiger partial charge in [0, 0.05) is 74.2 Å². The Morgan fingerprint density at radius 1 is 0.602 bits per heavy atom. The first-order valence-corrected chi connectivity index (χ1v) is 28.7. The summed E-state index contributed by atoms with van der Waals surface area (Å²) in [6, 6.07) is 3.57. The lowest BCUT2D eigenvalue weighted by atomic mass is 9.99. The maximum Gasteiger partial charge on any atom is 0.418 e. The Kier molecular flexibility index (Phi) is 18.8. The van der Waals surface area contributed by atoms with Crippen molar-refractivity contribution >= 4 is 80.1 Å². The fraction of sp³-hybridized carbons (Fsp3) is 0.448. The molecule has 4 N–H and O–H groups in total. The van der Waals surface area contributed by atoms with Crippen LogP contribution in [0.3, 0.4) is 0 Å². The molecule has 2 amide bonds. The van der Waals surface area contributed by atoms with Gasteiger partial charge >= 0.3 is 24.4 Å². The molecule has 18 nitrogen and oxygen atoms in total. The van der Waals surface area contributed by atoms with Crippen molar-refractivity contribution in [3.63, 3.8) is 0 Å². The number of likely N-dealkylation sites (N-methyl/N-ethyl adjacent to an activating group) is 2. The van der Waals surface area contributed by atoms with E-state index < -0.39 is 93.2 Å². The summed E-state index contributed by atoms with van der Waals surface area (Å²) in [5, 5.41) is -0.506. The molecule has 8 heterocycles. The second kappa shape index (κ2) is 25.5. The van der Waals surface area contributed by atoms with Gasteiger partial charge in [-0.05, 0) is 116 Å². The monoisotopic (exact) mass is 1280 g/mol. The highest BCUT2D eigenvalue weighted by Crippen LogP contribution is 2.47. The summed E-state index contributed by atoms with van der Waals surface area (Å²) < 4.78 is 157. The molecule has 0 unspecified atom stereocenters. The van der Waals surface area contributed by atoms with Crippen LogP contribution in [0.5, 0.6) is 12.0 Å². The molecule has 4 aromatic heterocycles. The smallest absolute Gasteiger partial charge is 0.418 e. The van der Waals surface area contributed by atoms with E-state index in [0.717, 1.165) is 50.9 Å². The molecule has 472 valence electrons. The lowest BCUT2D eigenvalue weighted by Gasteiger charge is -2.40. The van der Waals surface area contributed by atoms with Crippen molar-refractivity contribution in [3.05, 3.63) is 93.0 Å². The molecule has 4 atom stereocenters. The highest BCUT2D eigenvalue weighted by atomic mass is 35.5. The number of ether oxygens (including phenoxy) is 2. The third-order valence-electron chi connectivity index (χ3n) is 16.2. The molecule has 2 aromatic carbocycles. The second-order valence-corrected chi connectivity index (χ2v) is 23.1. The molecule has 10 rings (SSSR count). The minimum atomic E-state index is -4.89. The van der Waals surface area contributed by atoms with E-state index in [4.69, 9.17) is 44.1 Å². The summed E-state index contributed by atoms with van der Waals surface area (Å²) in [5.74, 6) is -6.25. The highest BCUT2D eigenvalue weighted by Gasteiger charge is 2.42. The van der Waals surface area contributed by atoms with Gasteiger partial charge < -0.3 is 50.3 Å². The summed E-state index contributed by atoms with van der Waals surface area (Å²) in [4.78, 5) is 60.2. The van der Waals surface area contributed by atoms with Crippen LogP contribution in [0.1, 0.15) is 61.8 Å². The molecule has 0 radical (unpaired) electrons. The van der Waals surface area contributed by atoms with Crippen LogP contribution in [0.25, 0.3) is 44.3 Å². The summed E-state index contributed by atoms with van der Waals surface area (Å²) in [6.45, 7) is 15.0. The minimum Gasteiger partial charge on any atom is -0.462 e. The number of likely N-dealkylation sites (tertiary alicyclic amines) is 2. The predicted molar refractivity (Wildman–Crippen MR) is 313 cm³/mol. The van der Waals surface area contributed by atoms with Crippen LogP contribution in [0.15, 0.2) is 49.1 Å². The van der Waals surface area contributed by atoms with E-state index in [1.54, 1.807) is 23.6 Å². The number of carbonyl (C=O) groups is 2. The molecule has 0 bridgehead atoms. The maximum absolute atomic E-state index is 16.5. The number of piperazine rings is 2. The average molecular weight is 1280 g/mol. The molecular formula is C58H62Cl2F10N14O4. The number of halogens is 12. The standard InChI is InChI=1S/2C29H31ClF5N7O2/c2*1-14-10-20(36)37-25(22(14)29(33,34)35)21-19(30)11-18-24(23(21)32)38-28(44-13-17-6-5-7-40(17)4)39-26(18)42-9-8-41(12-15(42)2)27(43)16(3)31/h2*10-11,15,17H,3,5-9,12-13H2,1-2,4H3,(H2,36,37)/t2*15-,17-/m00/s1. The van der Waals surface area contributed by atoms with Crippen LogP contribution in [0.2, 0.25) is 10.0 Å². The first kappa shape index (κ1) is 64.9. The summed E-state index contributed by atoms with van der Waals surface area (Å²) >= 11 is 13.0. The number of nitrogens with zero attached hydrogens (tertiary/aromatic N) is 12. The van der Waals surface area contributed by atoms with Gasteiger partial charge in [-0.2, -0.15) is 46.3 Å². The quantitative estimate of drug-likeness (QED) is 0.0865. The van der Waals surface area contributed by atoms with Crippen LogP contribution in [0.4, 0.5) is 67.2 Å². The number of aromatic nitrogens is 6. The van der Waals surface area contributed by atoms with Gasteiger partial charge in [-0.15, -0.1) is 0 Å². The van der Waals surface area contributed by atoms with Gasteiger partial charge in [0.1, 0.15) is 47.5 Å². The molecule has 0 aliphatic carbocycles. The van der Waals surface area contributed by atoms with Gasteiger partial charge in [-0.3, -0.25) is 9.59 Å². The maximum atomic E-state index is 16.5. The number of carbonyl (C=O) groups excluding carboxylic acids is 2. The Morgan fingerprint density at radius 3 is 1.27 bits per heavy atom. The van der Waals surface area contributed by atoms with Gasteiger partial charge in [0.15, 0.2) is 23.3 Å². The first-order chi connectivity index (χ1) is 41.3. The number of fused-ring (bicyclic) bond motifs is 2. The molecule has 0 saturated carbocycles. The van der Waals surface area contributed by atoms with Crippen molar-refractivity contribution in [1.82, 2.24) is 49.5 Å². The van der Waals surface area contributed by atoms with Crippen molar-refractivity contribution in [2.45, 2.75) is 89.9 Å². The zero-order valence-electron chi connectivity index (χ0n) is 48.6. The number of anilines is 4. The number of nitrogens with two attached hydrogens (primary N) is 2. The van der Waals surface area contributed by atoms with Crippen molar-refractivity contribution in [2.75, 3.05) is 101 Å². The average Bonchev–Trinajstić information content (AvgIpc) is 0.934. The Hall–Kier alpha value is -7.56. The van der Waals surface area contributed by atoms with Crippen LogP contribution >= 0.6 is 23.2 Å². The molecule has 6 aromatic rings. The normalized spacial score (nSPS) is 19.6. The van der Waals surface area contributed by atoms with E-state index in [-0.39, 0.29) is 143 Å². The number of alkyl halides is 6. The molecule has 88 heavy (non-hydrogen) atoms. The number of benzene rings is 2. The van der Waals surface area contributed by atoms with E-state index >= 15 is 8.78 Å². The van der Waals surface area contributed by atoms with Crippen molar-refractivity contribution in [3.8, 4) is 34.5 Å². The van der Waals surface area contributed by atoms with E-state index in [2.05, 4.69) is 52.9 Å². The van der Waals surface area contributed by atoms with E-state index in [1.807, 2.05) is 14.1 Å². The third-order valence-corrected chi connectivity index (χ3v) is 16.8. The lowest BCUT2D eigenvalue weighted by Crippen LogP contribution is -2.54. The lowest BCUT2D eigenvalue weighted by molar-refractivity contribution is -0.138. The molecule has 4 saturated heterocycles. The SMILES string of the molecule is C=C(F)C(=O)N1CCN(c2nc(OC[C@@H]3CCCN3C)nc3c(F)c(-c4nc(N)cc(C)c4C(F)(F)F)c(Cl)cc23)[C@@H](C)C1.C=C(F)C(=O)N1CCN(c2nc(OC[C@@H]3CCCN3C)nc3c(F)c(-c4nc(N)cc(C)c4C(F)(F)F)c(Cl)cc23)[C@@H](C)C1. The van der Waals surface area contributed by atoms with E-state index in [1.165, 1.54) is 35.8 Å². The number of hydrogen-bond acceptors (Lipinski definition) is 16. The Labute approximate surface area is 509 Å². The van der Waals surface area contributed by atoms with Crippen molar-refractivity contribution < 1.29 is 63.0 Å². The number of pyridine rings is 2. The van der Waals surface area contributed by atoms with Crippen LogP contribution in [0, 0.1) is 25.5 Å². The zero-order chi connectivity index (χ0) is 64.2. The van der Waals surface area contributed by atoms with Gasteiger partial charge in [-0.25, -0.2) is 27.5 Å². The number of amides is 2.